The Morgan fingerprint density at radius 2 is 1.58 bits per heavy atom. The second kappa shape index (κ2) is 21.5. The van der Waals surface area contributed by atoms with Gasteiger partial charge in [-0.1, -0.05) is 89.9 Å². The minimum absolute atomic E-state index is 0.0261. The Bertz CT molecular complexity index is 2690. The largest absolute Gasteiger partial charge is 0.508 e. The molecule has 2 heterocycles. The highest BCUT2D eigenvalue weighted by Gasteiger charge is 2.33. The van der Waals surface area contributed by atoms with Crippen LogP contribution in [-0.2, 0) is 47.4 Å². The number of aromatic nitrogens is 2. The van der Waals surface area contributed by atoms with Crippen molar-refractivity contribution in [1.82, 2.24) is 9.97 Å². The summed E-state index contributed by atoms with van der Waals surface area (Å²) in [7, 11) is -4.01. The maximum atomic E-state index is 14.0. The van der Waals surface area contributed by atoms with Crippen molar-refractivity contribution in [3.8, 4) is 34.3 Å². The van der Waals surface area contributed by atoms with Gasteiger partial charge >= 0.3 is 5.97 Å². The first-order chi connectivity index (χ1) is 30.4. The Morgan fingerprint density at radius 3 is 2.22 bits per heavy atom. The summed E-state index contributed by atoms with van der Waals surface area (Å²) in [4.78, 5) is 23.6. The van der Waals surface area contributed by atoms with Crippen LogP contribution in [0.3, 0.4) is 0 Å². The molecule has 12 nitrogen and oxygen atoms in total. The minimum atomic E-state index is -4.01. The zero-order valence-electron chi connectivity index (χ0n) is 35.7. The number of esters is 1. The molecule has 0 spiro atoms. The van der Waals surface area contributed by atoms with E-state index in [1.165, 1.54) is 29.8 Å². The molecule has 2 atom stereocenters. The van der Waals surface area contributed by atoms with E-state index in [-0.39, 0.29) is 66.0 Å². The number of ether oxygens (including phenoxy) is 5. The number of thiophene rings is 1. The third kappa shape index (κ3) is 12.5. The highest BCUT2D eigenvalue weighted by atomic mass is 79.9. The maximum absolute atomic E-state index is 14.0. The second-order valence-corrected chi connectivity index (χ2v) is 20.4. The van der Waals surface area contributed by atoms with Gasteiger partial charge in [-0.15, -0.1) is 17.9 Å². The first-order valence-corrected chi connectivity index (χ1v) is 23.9. The van der Waals surface area contributed by atoms with Crippen molar-refractivity contribution in [2.45, 2.75) is 71.2 Å². The standard InChI is InChI=1S/C47H47BrCl2N2O10S2/c1-7-20-57-24-34(25-59-64(55,56)26-31-16-12-9-13-17-31)60-42-40(49)28(2)37(29(3)41(42)50)38-39-44(51-27-52-45(39)63-43(38)48)61-36(46(54)62-47(4,5)6)22-32-21-33(53)18-19-35(32)58-23-30-14-10-8-11-15-30/h7-19,21,27,34,36,53H,1,20,22-26H2,2-6H3/t34-,36-/m1/s1. The van der Waals surface area contributed by atoms with E-state index in [0.29, 0.717) is 53.1 Å². The van der Waals surface area contributed by atoms with Crippen LogP contribution in [0.4, 0.5) is 0 Å². The fourth-order valence-electron chi connectivity index (χ4n) is 6.65. The molecule has 0 radical (unpaired) electrons. The van der Waals surface area contributed by atoms with Crippen molar-refractivity contribution in [1.29, 1.82) is 0 Å². The molecule has 17 heteroatoms. The molecule has 0 fully saturated rings. The van der Waals surface area contributed by atoms with Crippen LogP contribution in [0, 0.1) is 13.8 Å². The molecule has 0 amide bonds. The van der Waals surface area contributed by atoms with E-state index < -0.39 is 33.9 Å². The van der Waals surface area contributed by atoms with E-state index >= 15 is 0 Å². The van der Waals surface area contributed by atoms with Gasteiger partial charge in [0.15, 0.2) is 5.75 Å². The lowest BCUT2D eigenvalue weighted by molar-refractivity contribution is -0.163. The Hall–Kier alpha value is -4.74. The third-order valence-corrected chi connectivity index (χ3v) is 13.4. The molecule has 0 saturated heterocycles. The molecule has 0 aliphatic heterocycles. The van der Waals surface area contributed by atoms with Crippen molar-refractivity contribution >= 4 is 76.8 Å². The molecule has 6 rings (SSSR count). The zero-order valence-corrected chi connectivity index (χ0v) is 40.5. The molecule has 64 heavy (non-hydrogen) atoms. The van der Waals surface area contributed by atoms with Crippen molar-refractivity contribution in [2.75, 3.05) is 19.8 Å². The van der Waals surface area contributed by atoms with Crippen LogP contribution in [0.25, 0.3) is 21.3 Å². The number of phenols is 1. The Morgan fingerprint density at radius 1 is 0.922 bits per heavy atom. The number of carbonyl (C=O) groups is 1. The topological polar surface area (TPSA) is 153 Å². The summed E-state index contributed by atoms with van der Waals surface area (Å²) in [5.41, 5.74) is 3.44. The lowest BCUT2D eigenvalue weighted by atomic mass is 9.95. The SMILES string of the molecule is C=CCOC[C@H](COS(=O)(=O)Cc1ccccc1)Oc1c(Cl)c(C)c(-c2c(Br)sc3ncnc(O[C@H](Cc4cc(O)ccc4OCc4ccccc4)C(=O)OC(C)(C)C)c23)c(C)c1Cl. The smallest absolute Gasteiger partial charge is 0.348 e. The van der Waals surface area contributed by atoms with Crippen LogP contribution in [0.5, 0.6) is 23.1 Å². The summed E-state index contributed by atoms with van der Waals surface area (Å²) in [5.74, 6) is -0.413. The van der Waals surface area contributed by atoms with Gasteiger partial charge in [0.25, 0.3) is 10.1 Å². The number of halogens is 3. The number of nitrogens with zero attached hydrogens (tertiary/aromatic N) is 2. The number of fused-ring (bicyclic) bond motifs is 1. The van der Waals surface area contributed by atoms with Gasteiger partial charge in [-0.2, -0.15) is 8.42 Å². The fourth-order valence-corrected chi connectivity index (χ4v) is 9.93. The minimum Gasteiger partial charge on any atom is -0.508 e. The molecule has 0 bridgehead atoms. The molecule has 1 N–H and O–H groups in total. The van der Waals surface area contributed by atoms with Gasteiger partial charge in [0.05, 0.1) is 32.4 Å². The number of benzene rings is 4. The van der Waals surface area contributed by atoms with Crippen molar-refractivity contribution in [2.24, 2.45) is 0 Å². The van der Waals surface area contributed by atoms with E-state index in [1.807, 2.05) is 30.3 Å². The van der Waals surface area contributed by atoms with Crippen LogP contribution in [-0.4, -0.2) is 67.1 Å². The van der Waals surface area contributed by atoms with Crippen LogP contribution in [0.1, 0.15) is 48.6 Å². The lowest BCUT2D eigenvalue weighted by Crippen LogP contribution is -2.37. The van der Waals surface area contributed by atoms with E-state index in [0.717, 1.165) is 5.56 Å². The number of aromatic hydroxyl groups is 1. The zero-order chi connectivity index (χ0) is 46.2. The molecule has 0 saturated carbocycles. The normalized spacial score (nSPS) is 12.8. The van der Waals surface area contributed by atoms with Gasteiger partial charge in [0, 0.05) is 17.5 Å². The predicted octanol–water partition coefficient (Wildman–Crippen LogP) is 11.2. The highest BCUT2D eigenvalue weighted by Crippen LogP contribution is 2.52. The number of hydrogen-bond acceptors (Lipinski definition) is 13. The van der Waals surface area contributed by atoms with Crippen molar-refractivity contribution in [3.05, 3.63) is 139 Å². The molecule has 338 valence electrons. The molecule has 4 aromatic carbocycles. The van der Waals surface area contributed by atoms with E-state index in [4.69, 9.17) is 51.1 Å². The van der Waals surface area contributed by atoms with Gasteiger partial charge in [-0.25, -0.2) is 14.8 Å². The van der Waals surface area contributed by atoms with Crippen LogP contribution >= 0.6 is 50.5 Å². The Balaban J connectivity index is 1.35. The molecule has 2 aromatic heterocycles. The molecular weight excluding hydrogens is 967 g/mol. The fraction of sp³-hybridized carbons (Fsp3) is 0.298. The summed E-state index contributed by atoms with van der Waals surface area (Å²) in [6.07, 6.45) is 0.614. The number of phenolic OH excluding ortho intramolecular Hbond substituents is 1. The maximum Gasteiger partial charge on any atom is 0.348 e. The molecule has 6 aromatic rings. The van der Waals surface area contributed by atoms with E-state index in [9.17, 15) is 18.3 Å². The van der Waals surface area contributed by atoms with Crippen LogP contribution in [0.15, 0.2) is 102 Å². The van der Waals surface area contributed by atoms with Crippen molar-refractivity contribution in [3.63, 3.8) is 0 Å². The predicted molar refractivity (Wildman–Crippen MR) is 253 cm³/mol. The van der Waals surface area contributed by atoms with Gasteiger partial charge in [0.2, 0.25) is 12.0 Å². The summed E-state index contributed by atoms with van der Waals surface area (Å²) in [5, 5.41) is 11.3. The van der Waals surface area contributed by atoms with Crippen LogP contribution in [0.2, 0.25) is 10.0 Å². The first kappa shape index (κ1) is 48.7. The van der Waals surface area contributed by atoms with Gasteiger partial charge < -0.3 is 28.8 Å². The summed E-state index contributed by atoms with van der Waals surface area (Å²) >= 11 is 19.3. The number of hydrogen-bond donors (Lipinski definition) is 1. The van der Waals surface area contributed by atoms with Gasteiger partial charge in [0.1, 0.15) is 53.3 Å². The lowest BCUT2D eigenvalue weighted by Gasteiger charge is -2.25. The first-order valence-electron chi connectivity index (χ1n) is 20.0. The third-order valence-electron chi connectivity index (χ3n) is 9.52. The Kier molecular flexibility index (Phi) is 16.4. The molecule has 0 aliphatic carbocycles. The van der Waals surface area contributed by atoms with Gasteiger partial charge in [-0.3, -0.25) is 4.18 Å². The summed E-state index contributed by atoms with van der Waals surface area (Å²) in [6, 6.07) is 23.0. The average Bonchev–Trinajstić information content (AvgIpc) is 3.58. The molecule has 0 unspecified atom stereocenters. The van der Waals surface area contributed by atoms with E-state index in [2.05, 4.69) is 32.5 Å². The second-order valence-electron chi connectivity index (χ2n) is 15.6. The van der Waals surface area contributed by atoms with Crippen molar-refractivity contribution < 1.29 is 46.2 Å². The molecule has 0 aliphatic rings. The van der Waals surface area contributed by atoms with Crippen LogP contribution < -0.4 is 14.2 Å². The highest BCUT2D eigenvalue weighted by molar-refractivity contribution is 9.11. The summed E-state index contributed by atoms with van der Waals surface area (Å²) < 4.78 is 62.7. The van der Waals surface area contributed by atoms with E-state index in [1.54, 1.807) is 77.1 Å². The number of rotatable bonds is 20. The number of carbonyl (C=O) groups excluding carboxylic acids is 1. The molecular formula is C47H47BrCl2N2O10S2. The Labute approximate surface area is 395 Å². The average molecular weight is 1010 g/mol. The van der Waals surface area contributed by atoms with Gasteiger partial charge in [-0.05, 0) is 96.6 Å². The quantitative estimate of drug-likeness (QED) is 0.0335. The summed E-state index contributed by atoms with van der Waals surface area (Å²) in [6.45, 7) is 12.5. The monoisotopic (exact) mass is 1010 g/mol.